The van der Waals surface area contributed by atoms with Crippen LogP contribution in [0.15, 0.2) is 4.99 Å². The standard InChI is InChI=1S/C13H25N7O4/c1-2-16-11(21)10-6-4-8-19(10)12(22)9(18-20(23)24)5-3-7-17-13(14)15/h9-10,18H,2-8H2,1H3,(H,16,21)(H4,14,15,17)/t9-,10-/m0/s1. The maximum atomic E-state index is 12.6. The number of aliphatic imine (C=N–C) groups is 1. The van der Waals surface area contributed by atoms with E-state index in [-0.39, 0.29) is 24.8 Å². The van der Waals surface area contributed by atoms with E-state index in [0.29, 0.717) is 32.4 Å². The Bertz CT molecular complexity index is 493. The van der Waals surface area contributed by atoms with Gasteiger partial charge in [-0.05, 0) is 32.6 Å². The molecule has 0 spiro atoms. The topological polar surface area (TPSA) is 169 Å². The Balaban J connectivity index is 2.73. The third kappa shape index (κ3) is 5.89. The highest BCUT2D eigenvalue weighted by molar-refractivity contribution is 5.90. The molecule has 6 N–H and O–H groups in total. The Labute approximate surface area is 139 Å². The molecule has 0 radical (unpaired) electrons. The molecule has 2 amide bonds. The van der Waals surface area contributed by atoms with E-state index in [0.717, 1.165) is 0 Å². The lowest BCUT2D eigenvalue weighted by molar-refractivity contribution is -0.548. The van der Waals surface area contributed by atoms with Crippen LogP contribution in [0.4, 0.5) is 0 Å². The lowest BCUT2D eigenvalue weighted by Crippen LogP contribution is -2.53. The predicted molar refractivity (Wildman–Crippen MR) is 87.2 cm³/mol. The number of rotatable bonds is 9. The minimum absolute atomic E-state index is 0.0732. The Hall–Kier alpha value is -2.59. The summed E-state index contributed by atoms with van der Waals surface area (Å²) in [4.78, 5) is 40.6. The third-order valence-electron chi connectivity index (χ3n) is 3.69. The van der Waals surface area contributed by atoms with Crippen LogP contribution in [0.5, 0.6) is 0 Å². The summed E-state index contributed by atoms with van der Waals surface area (Å²) in [6.45, 7) is 2.93. The number of hydrogen-bond donors (Lipinski definition) is 4. The number of likely N-dealkylation sites (tertiary alicyclic amines) is 1. The average Bonchev–Trinajstić information content (AvgIpc) is 2.98. The smallest absolute Gasteiger partial charge is 0.251 e. The van der Waals surface area contributed by atoms with E-state index in [1.54, 1.807) is 6.92 Å². The number of hydrazine groups is 1. The first-order valence-corrected chi connectivity index (χ1v) is 7.91. The predicted octanol–water partition coefficient (Wildman–Crippen LogP) is -1.68. The second kappa shape index (κ2) is 9.53. The average molecular weight is 343 g/mol. The van der Waals surface area contributed by atoms with Crippen molar-refractivity contribution in [2.45, 2.75) is 44.7 Å². The van der Waals surface area contributed by atoms with Crippen molar-refractivity contribution in [3.8, 4) is 0 Å². The minimum atomic E-state index is -1.02. The number of nitro groups is 1. The van der Waals surface area contributed by atoms with Gasteiger partial charge in [-0.25, -0.2) is 10.1 Å². The maximum absolute atomic E-state index is 12.6. The number of likely N-dealkylation sites (N-methyl/N-ethyl adjacent to an activating group) is 1. The fraction of sp³-hybridized carbons (Fsp3) is 0.769. The molecule has 1 fully saturated rings. The minimum Gasteiger partial charge on any atom is -0.370 e. The Kier molecular flexibility index (Phi) is 7.72. The Morgan fingerprint density at radius 3 is 2.75 bits per heavy atom. The quantitative estimate of drug-likeness (QED) is 0.127. The van der Waals surface area contributed by atoms with E-state index >= 15 is 0 Å². The normalized spacial score (nSPS) is 17.9. The summed E-state index contributed by atoms with van der Waals surface area (Å²) in [6.07, 6.45) is 1.83. The van der Waals surface area contributed by atoms with Crippen LogP contribution in [-0.2, 0) is 9.59 Å². The number of nitrogens with one attached hydrogen (secondary N) is 2. The summed E-state index contributed by atoms with van der Waals surface area (Å²) in [7, 11) is 0. The third-order valence-corrected chi connectivity index (χ3v) is 3.69. The van der Waals surface area contributed by atoms with E-state index in [1.807, 2.05) is 5.43 Å². The summed E-state index contributed by atoms with van der Waals surface area (Å²) in [5.41, 5.74) is 12.5. The number of nitrogens with zero attached hydrogens (tertiary/aromatic N) is 3. The first kappa shape index (κ1) is 19.5. The molecule has 0 bridgehead atoms. The van der Waals surface area contributed by atoms with Gasteiger partial charge in [-0.15, -0.1) is 5.43 Å². The summed E-state index contributed by atoms with van der Waals surface area (Å²) in [5.74, 6) is -0.759. The maximum Gasteiger partial charge on any atom is 0.251 e. The van der Waals surface area contributed by atoms with Crippen molar-refractivity contribution in [2.24, 2.45) is 16.5 Å². The van der Waals surface area contributed by atoms with Gasteiger partial charge in [0.05, 0.1) is 0 Å². The van der Waals surface area contributed by atoms with Crippen molar-refractivity contribution >= 4 is 17.8 Å². The number of nitrogens with two attached hydrogens (primary N) is 2. The van der Waals surface area contributed by atoms with Crippen molar-refractivity contribution < 1.29 is 14.6 Å². The van der Waals surface area contributed by atoms with Crippen LogP contribution in [0, 0.1) is 10.1 Å². The lowest BCUT2D eigenvalue weighted by Gasteiger charge is -2.26. The highest BCUT2D eigenvalue weighted by Gasteiger charge is 2.38. The van der Waals surface area contributed by atoms with E-state index in [2.05, 4.69) is 10.3 Å². The highest BCUT2D eigenvalue weighted by Crippen LogP contribution is 2.19. The van der Waals surface area contributed by atoms with E-state index in [9.17, 15) is 19.7 Å². The fourth-order valence-electron chi connectivity index (χ4n) is 2.67. The second-order valence-corrected chi connectivity index (χ2v) is 5.47. The van der Waals surface area contributed by atoms with Gasteiger partial charge in [0.1, 0.15) is 6.04 Å². The first-order valence-electron chi connectivity index (χ1n) is 7.91. The van der Waals surface area contributed by atoms with Crippen LogP contribution in [0.3, 0.4) is 0 Å². The molecule has 0 aromatic heterocycles. The van der Waals surface area contributed by atoms with E-state index in [4.69, 9.17) is 11.5 Å². The number of hydrogen-bond acceptors (Lipinski definition) is 5. The van der Waals surface area contributed by atoms with Gasteiger partial charge in [0.15, 0.2) is 17.0 Å². The molecule has 1 aliphatic rings. The van der Waals surface area contributed by atoms with Crippen LogP contribution < -0.4 is 22.2 Å². The zero-order chi connectivity index (χ0) is 18.1. The van der Waals surface area contributed by atoms with Crippen molar-refractivity contribution in [1.82, 2.24) is 15.6 Å². The van der Waals surface area contributed by atoms with Gasteiger partial charge < -0.3 is 21.7 Å². The molecule has 1 saturated heterocycles. The summed E-state index contributed by atoms with van der Waals surface area (Å²) >= 11 is 0. The Morgan fingerprint density at radius 1 is 1.46 bits per heavy atom. The summed E-state index contributed by atoms with van der Waals surface area (Å²) in [6, 6.07) is -1.60. The molecule has 24 heavy (non-hydrogen) atoms. The van der Waals surface area contributed by atoms with Crippen LogP contribution in [-0.4, -0.2) is 59.4 Å². The molecule has 1 rings (SSSR count). The molecule has 11 nitrogen and oxygen atoms in total. The molecule has 0 aliphatic carbocycles. The van der Waals surface area contributed by atoms with Crippen LogP contribution in [0.25, 0.3) is 0 Å². The van der Waals surface area contributed by atoms with Gasteiger partial charge in [-0.1, -0.05) is 0 Å². The molecule has 1 aliphatic heterocycles. The molecular formula is C13H25N7O4. The molecule has 0 saturated carbocycles. The fourth-order valence-corrected chi connectivity index (χ4v) is 2.67. The van der Waals surface area contributed by atoms with Crippen LogP contribution >= 0.6 is 0 Å². The largest absolute Gasteiger partial charge is 0.370 e. The van der Waals surface area contributed by atoms with Crippen LogP contribution in [0.1, 0.15) is 32.6 Å². The van der Waals surface area contributed by atoms with Crippen molar-refractivity contribution in [3.05, 3.63) is 10.1 Å². The van der Waals surface area contributed by atoms with Gasteiger partial charge in [0, 0.05) is 19.6 Å². The zero-order valence-electron chi connectivity index (χ0n) is 13.7. The first-order chi connectivity index (χ1) is 11.4. The molecular weight excluding hydrogens is 318 g/mol. The van der Waals surface area contributed by atoms with Gasteiger partial charge in [0.2, 0.25) is 5.91 Å². The summed E-state index contributed by atoms with van der Waals surface area (Å²) < 4.78 is 0. The monoisotopic (exact) mass is 343 g/mol. The highest BCUT2D eigenvalue weighted by atomic mass is 16.7. The van der Waals surface area contributed by atoms with Gasteiger partial charge >= 0.3 is 0 Å². The van der Waals surface area contributed by atoms with E-state index in [1.165, 1.54) is 4.90 Å². The summed E-state index contributed by atoms with van der Waals surface area (Å²) in [5, 5.41) is 12.7. The molecule has 11 heteroatoms. The van der Waals surface area contributed by atoms with Crippen molar-refractivity contribution in [1.29, 1.82) is 0 Å². The molecule has 0 aromatic carbocycles. The van der Waals surface area contributed by atoms with Gasteiger partial charge in [-0.2, -0.15) is 0 Å². The lowest BCUT2D eigenvalue weighted by atomic mass is 10.1. The molecule has 2 atom stereocenters. The van der Waals surface area contributed by atoms with Crippen LogP contribution in [0.2, 0.25) is 0 Å². The number of carbonyl (C=O) groups excluding carboxylic acids is 2. The SMILES string of the molecule is CCNC(=O)[C@@H]1CCCN1C(=O)[C@H](CCCN=C(N)N)N[N+](=O)[O-]. The number of amides is 2. The second-order valence-electron chi connectivity index (χ2n) is 5.47. The van der Waals surface area contributed by atoms with Gasteiger partial charge in [-0.3, -0.25) is 14.6 Å². The molecule has 1 heterocycles. The van der Waals surface area contributed by atoms with Crippen molar-refractivity contribution in [2.75, 3.05) is 19.6 Å². The number of carbonyl (C=O) groups is 2. The Morgan fingerprint density at radius 2 is 2.17 bits per heavy atom. The van der Waals surface area contributed by atoms with Gasteiger partial charge in [0.25, 0.3) is 5.91 Å². The molecule has 136 valence electrons. The zero-order valence-corrected chi connectivity index (χ0v) is 13.7. The van der Waals surface area contributed by atoms with E-state index < -0.39 is 23.0 Å². The van der Waals surface area contributed by atoms with Crippen molar-refractivity contribution in [3.63, 3.8) is 0 Å². The molecule has 0 unspecified atom stereocenters. The number of guanidine groups is 1. The molecule has 0 aromatic rings.